The number of hydrogen-bond acceptors (Lipinski definition) is 4. The van der Waals surface area contributed by atoms with E-state index in [1.165, 1.54) is 18.0 Å². The van der Waals surface area contributed by atoms with E-state index in [1.54, 1.807) is 18.2 Å². The fourth-order valence-electron chi connectivity index (χ4n) is 2.21. The van der Waals surface area contributed by atoms with Crippen molar-refractivity contribution in [2.24, 2.45) is 0 Å². The minimum atomic E-state index is -0.130. The molecule has 0 unspecified atom stereocenters. The van der Waals surface area contributed by atoms with Gasteiger partial charge in [-0.05, 0) is 55.9 Å². The molecule has 0 bridgehead atoms. The molecule has 0 saturated heterocycles. The fourth-order valence-corrected chi connectivity index (χ4v) is 2.92. The Kier molecular flexibility index (Phi) is 6.29. The average molecular weight is 331 g/mol. The first kappa shape index (κ1) is 17.1. The number of nitrogens with one attached hydrogen (secondary N) is 1. The van der Waals surface area contributed by atoms with Crippen LogP contribution >= 0.6 is 11.8 Å². The monoisotopic (exact) mass is 331 g/mol. The number of benzene rings is 1. The highest BCUT2D eigenvalue weighted by Gasteiger charge is 2.09. The van der Waals surface area contributed by atoms with Crippen molar-refractivity contribution in [3.05, 3.63) is 53.9 Å². The molecule has 1 amide bonds. The second-order valence-corrected chi connectivity index (χ2v) is 5.92. The van der Waals surface area contributed by atoms with Crippen molar-refractivity contribution in [3.8, 4) is 0 Å². The Labute approximate surface area is 140 Å². The number of thioether (sulfide) groups is 1. The molecule has 2 rings (SSSR count). The maximum Gasteiger partial charge on any atom is 0.251 e. The van der Waals surface area contributed by atoms with E-state index in [4.69, 9.17) is 0 Å². The molecule has 2 aromatic rings. The fraction of sp³-hybridized carbons (Fsp3) is 0.294. The normalized spacial score (nSPS) is 10.3. The summed E-state index contributed by atoms with van der Waals surface area (Å²) >= 11 is 1.22. The number of rotatable bonds is 7. The number of anilines is 2. The van der Waals surface area contributed by atoms with E-state index in [0.717, 1.165) is 29.2 Å². The summed E-state index contributed by atoms with van der Waals surface area (Å²) in [7, 11) is 0. The van der Waals surface area contributed by atoms with Gasteiger partial charge in [0.05, 0.1) is 5.75 Å². The van der Waals surface area contributed by atoms with Crippen LogP contribution in [-0.2, 0) is 4.79 Å². The Morgan fingerprint density at radius 1 is 1.17 bits per heavy atom. The summed E-state index contributed by atoms with van der Waals surface area (Å²) in [6.07, 6.45) is 1.42. The third-order valence-corrected chi connectivity index (χ3v) is 4.44. The molecule has 0 aliphatic heterocycles. The van der Waals surface area contributed by atoms with Gasteiger partial charge in [-0.2, -0.15) is 4.73 Å². The van der Waals surface area contributed by atoms with Crippen LogP contribution in [0.1, 0.15) is 13.8 Å². The predicted molar refractivity (Wildman–Crippen MR) is 94.8 cm³/mol. The lowest BCUT2D eigenvalue weighted by atomic mass is 10.2. The van der Waals surface area contributed by atoms with Gasteiger partial charge in [0.1, 0.15) is 0 Å². The molecular weight excluding hydrogens is 310 g/mol. The molecule has 0 radical (unpaired) electrons. The van der Waals surface area contributed by atoms with Gasteiger partial charge in [0, 0.05) is 36.6 Å². The quantitative estimate of drug-likeness (QED) is 0.481. The maximum atomic E-state index is 12.0. The Hall–Kier alpha value is -2.21. The zero-order valence-electron chi connectivity index (χ0n) is 13.4. The summed E-state index contributed by atoms with van der Waals surface area (Å²) in [6.45, 7) is 6.13. The van der Waals surface area contributed by atoms with E-state index in [-0.39, 0.29) is 11.7 Å². The molecular formula is C17H21N3O2S. The summed E-state index contributed by atoms with van der Waals surface area (Å²) in [5.74, 6) is 0.0683. The topological polar surface area (TPSA) is 59.3 Å². The lowest BCUT2D eigenvalue weighted by Gasteiger charge is -2.21. The molecule has 0 aliphatic rings. The molecule has 6 heteroatoms. The van der Waals surface area contributed by atoms with Crippen LogP contribution in [0.4, 0.5) is 11.4 Å². The maximum absolute atomic E-state index is 12.0. The van der Waals surface area contributed by atoms with E-state index in [2.05, 4.69) is 24.1 Å². The summed E-state index contributed by atoms with van der Waals surface area (Å²) in [5, 5.41) is 14.9. The zero-order valence-corrected chi connectivity index (χ0v) is 14.2. The number of carbonyl (C=O) groups is 1. The number of amides is 1. The van der Waals surface area contributed by atoms with Crippen LogP contribution in [0.5, 0.6) is 0 Å². The molecule has 0 fully saturated rings. The van der Waals surface area contributed by atoms with Gasteiger partial charge in [0.25, 0.3) is 5.03 Å². The van der Waals surface area contributed by atoms with Gasteiger partial charge < -0.3 is 15.4 Å². The molecule has 0 spiro atoms. The molecule has 0 aliphatic carbocycles. The van der Waals surface area contributed by atoms with E-state index in [9.17, 15) is 10.0 Å². The first-order chi connectivity index (χ1) is 11.1. The first-order valence-corrected chi connectivity index (χ1v) is 8.58. The second kappa shape index (κ2) is 8.43. The van der Waals surface area contributed by atoms with E-state index in [1.807, 2.05) is 24.3 Å². The molecule has 1 aromatic carbocycles. The predicted octanol–water partition coefficient (Wildman–Crippen LogP) is 2.90. The lowest BCUT2D eigenvalue weighted by molar-refractivity contribution is -0.645. The molecule has 23 heavy (non-hydrogen) atoms. The van der Waals surface area contributed by atoms with Gasteiger partial charge in [-0.1, -0.05) is 0 Å². The zero-order chi connectivity index (χ0) is 16.7. The minimum absolute atomic E-state index is 0.130. The highest BCUT2D eigenvalue weighted by molar-refractivity contribution is 7.99. The Bertz CT molecular complexity index is 643. The van der Waals surface area contributed by atoms with Gasteiger partial charge in [0.2, 0.25) is 5.91 Å². The van der Waals surface area contributed by atoms with Crippen LogP contribution in [0.2, 0.25) is 0 Å². The van der Waals surface area contributed by atoms with Crippen molar-refractivity contribution in [2.45, 2.75) is 18.9 Å². The minimum Gasteiger partial charge on any atom is -0.618 e. The highest BCUT2D eigenvalue weighted by atomic mass is 32.2. The third-order valence-electron chi connectivity index (χ3n) is 3.42. The van der Waals surface area contributed by atoms with Gasteiger partial charge in [-0.15, -0.1) is 0 Å². The number of carbonyl (C=O) groups excluding carboxylic acids is 1. The molecule has 122 valence electrons. The highest BCUT2D eigenvalue weighted by Crippen LogP contribution is 2.18. The lowest BCUT2D eigenvalue weighted by Crippen LogP contribution is -2.28. The molecule has 1 aromatic heterocycles. The second-order valence-electron chi connectivity index (χ2n) is 4.92. The van der Waals surface area contributed by atoms with Gasteiger partial charge in [0.15, 0.2) is 6.20 Å². The van der Waals surface area contributed by atoms with Gasteiger partial charge in [-0.25, -0.2) is 0 Å². The molecule has 1 heterocycles. The van der Waals surface area contributed by atoms with Gasteiger partial charge >= 0.3 is 0 Å². The van der Waals surface area contributed by atoms with Crippen LogP contribution in [-0.4, -0.2) is 24.7 Å². The molecule has 0 atom stereocenters. The van der Waals surface area contributed by atoms with Crippen LogP contribution in [0.15, 0.2) is 53.7 Å². The van der Waals surface area contributed by atoms with E-state index in [0.29, 0.717) is 5.03 Å². The number of aromatic nitrogens is 1. The van der Waals surface area contributed by atoms with E-state index < -0.39 is 0 Å². The molecule has 1 N–H and O–H groups in total. The largest absolute Gasteiger partial charge is 0.618 e. The molecule has 5 nitrogen and oxygen atoms in total. The summed E-state index contributed by atoms with van der Waals surface area (Å²) < 4.78 is 0.761. The Balaban J connectivity index is 1.89. The van der Waals surface area contributed by atoms with E-state index >= 15 is 0 Å². The van der Waals surface area contributed by atoms with Crippen molar-refractivity contribution in [1.29, 1.82) is 0 Å². The molecule has 0 saturated carbocycles. The number of hydrogen-bond donors (Lipinski definition) is 1. The van der Waals surface area contributed by atoms with Crippen LogP contribution in [0.3, 0.4) is 0 Å². The van der Waals surface area contributed by atoms with Crippen molar-refractivity contribution < 1.29 is 9.52 Å². The summed E-state index contributed by atoms with van der Waals surface area (Å²) in [4.78, 5) is 14.2. The van der Waals surface area contributed by atoms with Crippen molar-refractivity contribution in [3.63, 3.8) is 0 Å². The SMILES string of the molecule is CCN(CC)c1ccc(NC(=O)CSc2cccc[n+]2[O-])cc1. The number of nitrogens with zero attached hydrogens (tertiary/aromatic N) is 2. The summed E-state index contributed by atoms with van der Waals surface area (Å²) in [6, 6.07) is 12.9. The Morgan fingerprint density at radius 2 is 1.87 bits per heavy atom. The van der Waals surface area contributed by atoms with Gasteiger partial charge in [-0.3, -0.25) is 4.79 Å². The van der Waals surface area contributed by atoms with Crippen molar-refractivity contribution in [2.75, 3.05) is 29.1 Å². The van der Waals surface area contributed by atoms with Crippen molar-refractivity contribution in [1.82, 2.24) is 0 Å². The summed E-state index contributed by atoms with van der Waals surface area (Å²) in [5.41, 5.74) is 1.90. The van der Waals surface area contributed by atoms with Crippen LogP contribution in [0, 0.1) is 5.21 Å². The van der Waals surface area contributed by atoms with Crippen LogP contribution in [0.25, 0.3) is 0 Å². The first-order valence-electron chi connectivity index (χ1n) is 7.60. The Morgan fingerprint density at radius 3 is 2.48 bits per heavy atom. The van der Waals surface area contributed by atoms with Crippen molar-refractivity contribution >= 4 is 29.0 Å². The average Bonchev–Trinajstić information content (AvgIpc) is 2.57. The third kappa shape index (κ3) is 4.89. The van der Waals surface area contributed by atoms with Crippen LogP contribution < -0.4 is 14.9 Å². The standard InChI is InChI=1S/C17H21N3O2S/c1-3-19(4-2)15-10-8-14(9-11-15)18-16(21)13-23-17-7-5-6-12-20(17)22/h5-12H,3-4,13H2,1-2H3,(H,18,21). The smallest absolute Gasteiger partial charge is 0.251 e. The number of pyridine rings is 1.